The van der Waals surface area contributed by atoms with E-state index in [1.165, 1.54) is 140 Å². The number of para-hydroxylation sites is 2. The van der Waals surface area contributed by atoms with Crippen LogP contribution in [0.5, 0.6) is 0 Å². The van der Waals surface area contributed by atoms with E-state index in [4.69, 9.17) is 0 Å². The molecular formula is C61H36N2S2. The lowest BCUT2D eigenvalue weighted by molar-refractivity contribution is 1.18. The number of benzene rings is 10. The van der Waals surface area contributed by atoms with Gasteiger partial charge in [0.2, 0.25) is 0 Å². The third-order valence-electron chi connectivity index (χ3n) is 14.1. The van der Waals surface area contributed by atoms with Gasteiger partial charge in [-0.3, -0.25) is 0 Å². The van der Waals surface area contributed by atoms with Crippen LogP contribution in [0.1, 0.15) is 11.1 Å². The lowest BCUT2D eigenvalue weighted by Gasteiger charge is -2.14. The van der Waals surface area contributed by atoms with E-state index in [1.807, 2.05) is 22.7 Å². The molecule has 0 bridgehead atoms. The Kier molecular flexibility index (Phi) is 7.34. The second-order valence-electron chi connectivity index (χ2n) is 17.6. The maximum Gasteiger partial charge on any atom is 0.0555 e. The van der Waals surface area contributed by atoms with E-state index in [0.717, 1.165) is 6.42 Å². The Labute approximate surface area is 382 Å². The van der Waals surface area contributed by atoms with E-state index in [-0.39, 0.29) is 0 Å². The zero-order valence-corrected chi connectivity index (χ0v) is 36.7. The molecule has 1 aliphatic rings. The van der Waals surface area contributed by atoms with Gasteiger partial charge in [0.25, 0.3) is 0 Å². The van der Waals surface area contributed by atoms with Crippen LogP contribution < -0.4 is 0 Å². The first-order chi connectivity index (χ1) is 32.2. The summed E-state index contributed by atoms with van der Waals surface area (Å²) in [6.45, 7) is 0. The predicted octanol–water partition coefficient (Wildman–Crippen LogP) is 17.5. The molecule has 0 N–H and O–H groups in total. The standard InChI is InChI=1S/C61H36N2S2/c1-3-14-40(15-4-1)62-52-27-23-36(31-50(52)58-54(62)29-25-45-43-19-9-11-21-56(43)64-60(45)58)39-34-47(49-32-37-13-7-8-18-42(37)48(49)35-39)38-24-28-53-51(33-38)59-55(63(53)41-16-5-2-6-17-41)30-26-46-44-20-10-12-22-57(44)65-61(46)59/h1-31,33-35H,32H2. The van der Waals surface area contributed by atoms with E-state index in [9.17, 15) is 0 Å². The molecule has 4 heterocycles. The molecule has 0 aliphatic heterocycles. The summed E-state index contributed by atoms with van der Waals surface area (Å²) in [5, 5.41) is 10.5. The molecule has 0 spiro atoms. The summed E-state index contributed by atoms with van der Waals surface area (Å²) in [7, 11) is 0. The van der Waals surface area contributed by atoms with E-state index in [0.29, 0.717) is 0 Å². The normalized spacial score (nSPS) is 12.6. The first-order valence-corrected chi connectivity index (χ1v) is 24.0. The van der Waals surface area contributed by atoms with Crippen LogP contribution in [0.2, 0.25) is 0 Å². The van der Waals surface area contributed by atoms with Crippen LogP contribution in [0, 0.1) is 0 Å². The molecular weight excluding hydrogens is 825 g/mol. The summed E-state index contributed by atoms with van der Waals surface area (Å²) >= 11 is 3.83. The molecule has 0 saturated carbocycles. The lowest BCUT2D eigenvalue weighted by atomic mass is 9.90. The van der Waals surface area contributed by atoms with Gasteiger partial charge in [0.15, 0.2) is 0 Å². The fourth-order valence-corrected chi connectivity index (χ4v) is 13.8. The van der Waals surface area contributed by atoms with Crippen molar-refractivity contribution in [1.82, 2.24) is 9.13 Å². The van der Waals surface area contributed by atoms with Gasteiger partial charge in [0, 0.05) is 73.3 Å². The van der Waals surface area contributed by atoms with Gasteiger partial charge in [-0.05, 0) is 136 Å². The Hall–Kier alpha value is -7.76. The summed E-state index contributed by atoms with van der Waals surface area (Å²) < 4.78 is 10.3. The number of thiophene rings is 2. The van der Waals surface area contributed by atoms with E-state index in [2.05, 4.69) is 215 Å². The number of nitrogens with zero attached hydrogens (tertiary/aromatic N) is 2. The molecule has 1 aliphatic carbocycles. The van der Waals surface area contributed by atoms with Gasteiger partial charge in [-0.1, -0.05) is 121 Å². The molecule has 10 aromatic carbocycles. The van der Waals surface area contributed by atoms with Crippen molar-refractivity contribution in [2.24, 2.45) is 0 Å². The summed E-state index contributed by atoms with van der Waals surface area (Å²) in [5.74, 6) is 0. The topological polar surface area (TPSA) is 9.86 Å². The molecule has 4 aromatic heterocycles. The third kappa shape index (κ3) is 5.04. The number of hydrogen-bond acceptors (Lipinski definition) is 2. The number of fused-ring (bicyclic) bond motifs is 17. The highest BCUT2D eigenvalue weighted by Gasteiger charge is 2.26. The van der Waals surface area contributed by atoms with Crippen molar-refractivity contribution in [2.75, 3.05) is 0 Å². The molecule has 2 nitrogen and oxygen atoms in total. The van der Waals surface area contributed by atoms with Crippen LogP contribution in [0.4, 0.5) is 0 Å². The molecule has 0 amide bonds. The van der Waals surface area contributed by atoms with Crippen LogP contribution in [0.15, 0.2) is 206 Å². The Bertz CT molecular complexity index is 4310. The molecule has 14 aromatic rings. The maximum atomic E-state index is 2.50. The van der Waals surface area contributed by atoms with Crippen molar-refractivity contribution in [3.63, 3.8) is 0 Å². The highest BCUT2D eigenvalue weighted by molar-refractivity contribution is 7.27. The molecule has 65 heavy (non-hydrogen) atoms. The second kappa shape index (κ2) is 13.4. The van der Waals surface area contributed by atoms with Crippen LogP contribution in [-0.4, -0.2) is 9.13 Å². The largest absolute Gasteiger partial charge is 0.309 e. The molecule has 15 rings (SSSR count). The number of hydrogen-bond donors (Lipinski definition) is 0. The van der Waals surface area contributed by atoms with Gasteiger partial charge in [-0.15, -0.1) is 22.7 Å². The van der Waals surface area contributed by atoms with E-state index >= 15 is 0 Å². The average Bonchev–Trinajstić information content (AvgIpc) is 4.18. The highest BCUT2D eigenvalue weighted by Crippen LogP contribution is 2.49. The van der Waals surface area contributed by atoms with Crippen molar-refractivity contribution < 1.29 is 0 Å². The Morgan fingerprint density at radius 2 is 0.815 bits per heavy atom. The number of aromatic nitrogens is 2. The smallest absolute Gasteiger partial charge is 0.0555 e. The van der Waals surface area contributed by atoms with Gasteiger partial charge in [-0.25, -0.2) is 0 Å². The molecule has 0 saturated heterocycles. The minimum atomic E-state index is 0.916. The molecule has 302 valence electrons. The highest BCUT2D eigenvalue weighted by atomic mass is 32.1. The third-order valence-corrected chi connectivity index (χ3v) is 16.6. The predicted molar refractivity (Wildman–Crippen MR) is 280 cm³/mol. The minimum absolute atomic E-state index is 0.916. The summed E-state index contributed by atoms with van der Waals surface area (Å²) in [6.07, 6.45) is 0.916. The molecule has 0 unspecified atom stereocenters. The monoisotopic (exact) mass is 860 g/mol. The maximum absolute atomic E-state index is 2.50. The van der Waals surface area contributed by atoms with Crippen LogP contribution >= 0.6 is 22.7 Å². The fourth-order valence-electron chi connectivity index (χ4n) is 11.3. The quantitative estimate of drug-likeness (QED) is 0.167. The van der Waals surface area contributed by atoms with Crippen molar-refractivity contribution in [2.45, 2.75) is 6.42 Å². The van der Waals surface area contributed by atoms with Crippen molar-refractivity contribution >= 4 is 107 Å². The minimum Gasteiger partial charge on any atom is -0.309 e. The van der Waals surface area contributed by atoms with Crippen molar-refractivity contribution in [3.05, 3.63) is 217 Å². The van der Waals surface area contributed by atoms with Crippen LogP contribution in [0.3, 0.4) is 0 Å². The molecule has 0 radical (unpaired) electrons. The van der Waals surface area contributed by atoms with Crippen LogP contribution in [-0.2, 0) is 6.42 Å². The van der Waals surface area contributed by atoms with Crippen molar-refractivity contribution in [1.29, 1.82) is 0 Å². The van der Waals surface area contributed by atoms with Gasteiger partial charge in [-0.2, -0.15) is 0 Å². The zero-order valence-electron chi connectivity index (χ0n) is 35.0. The summed E-state index contributed by atoms with van der Waals surface area (Å²) in [6, 6.07) is 77.2. The molecule has 0 atom stereocenters. The SMILES string of the molecule is c1ccc(-n2c3ccc(-c4cc(-c5ccc6c(c5)c5c7sc8ccccc8c7ccc5n6-c5ccccc5)c5c(c4)-c4ccccc4C5)cc3c3c4sc5ccccc5c4ccc32)cc1. The lowest BCUT2D eigenvalue weighted by Crippen LogP contribution is -1.94. The Morgan fingerprint density at radius 3 is 1.43 bits per heavy atom. The van der Waals surface area contributed by atoms with E-state index < -0.39 is 0 Å². The first-order valence-electron chi connectivity index (χ1n) is 22.4. The Balaban J connectivity index is 1.00. The molecule has 4 heteroatoms. The van der Waals surface area contributed by atoms with Gasteiger partial charge < -0.3 is 9.13 Å². The summed E-state index contributed by atoms with van der Waals surface area (Å²) in [4.78, 5) is 0. The van der Waals surface area contributed by atoms with Gasteiger partial charge in [0.1, 0.15) is 0 Å². The zero-order chi connectivity index (χ0) is 42.3. The average molecular weight is 861 g/mol. The fraction of sp³-hybridized carbons (Fsp3) is 0.0164. The van der Waals surface area contributed by atoms with Gasteiger partial charge >= 0.3 is 0 Å². The number of rotatable bonds is 4. The van der Waals surface area contributed by atoms with Crippen LogP contribution in [0.25, 0.3) is 129 Å². The van der Waals surface area contributed by atoms with Crippen molar-refractivity contribution in [3.8, 4) is 44.8 Å². The first kappa shape index (κ1) is 35.7. The second-order valence-corrected chi connectivity index (χ2v) is 19.7. The summed E-state index contributed by atoms with van der Waals surface area (Å²) in [5.41, 5.74) is 17.8. The molecule has 0 fully saturated rings. The van der Waals surface area contributed by atoms with Gasteiger partial charge in [0.05, 0.1) is 22.1 Å². The Morgan fingerprint density at radius 1 is 0.323 bits per heavy atom. The van der Waals surface area contributed by atoms with E-state index in [1.54, 1.807) is 0 Å².